The number of hydrogen-bond donors (Lipinski definition) is 1. The highest BCUT2D eigenvalue weighted by atomic mass is 32.2. The average molecular weight is 482 g/mol. The summed E-state index contributed by atoms with van der Waals surface area (Å²) in [4.78, 5) is 18.3. The second kappa shape index (κ2) is 8.78. The fourth-order valence-corrected chi connectivity index (χ4v) is 5.94. The van der Waals surface area contributed by atoms with E-state index in [9.17, 15) is 13.2 Å². The first-order valence-corrected chi connectivity index (χ1v) is 13.5. The van der Waals surface area contributed by atoms with E-state index in [0.717, 1.165) is 37.0 Å². The molecular formula is C25H31N5O3S. The summed E-state index contributed by atoms with van der Waals surface area (Å²) in [6, 6.07) is 8.44. The summed E-state index contributed by atoms with van der Waals surface area (Å²) in [6.07, 6.45) is 5.62. The van der Waals surface area contributed by atoms with Gasteiger partial charge in [-0.15, -0.1) is 0 Å². The maximum absolute atomic E-state index is 13.3. The quantitative estimate of drug-likeness (QED) is 0.557. The van der Waals surface area contributed by atoms with Crippen LogP contribution in [0, 0.1) is 5.92 Å². The van der Waals surface area contributed by atoms with Gasteiger partial charge in [-0.2, -0.15) is 9.40 Å². The van der Waals surface area contributed by atoms with Crippen LogP contribution in [0.25, 0.3) is 11.0 Å². The number of nitrogens with zero attached hydrogens (tertiary/aromatic N) is 4. The molecule has 1 aliphatic carbocycles. The van der Waals surface area contributed by atoms with Gasteiger partial charge in [-0.1, -0.05) is 6.92 Å². The van der Waals surface area contributed by atoms with Crippen LogP contribution in [0.5, 0.6) is 0 Å². The van der Waals surface area contributed by atoms with Crippen molar-refractivity contribution in [1.29, 1.82) is 0 Å². The number of hydrogen-bond acceptors (Lipinski definition) is 5. The molecule has 0 atom stereocenters. The topological polar surface area (TPSA) is 97.2 Å². The molecule has 1 N–H and O–H groups in total. The first-order chi connectivity index (χ1) is 16.2. The van der Waals surface area contributed by atoms with Gasteiger partial charge >= 0.3 is 0 Å². The Bertz CT molecular complexity index is 1320. The van der Waals surface area contributed by atoms with Gasteiger partial charge in [-0.25, -0.2) is 18.1 Å². The molecule has 0 radical (unpaired) electrons. The monoisotopic (exact) mass is 481 g/mol. The van der Waals surface area contributed by atoms with Crippen molar-refractivity contribution in [3.05, 3.63) is 47.8 Å². The third-order valence-electron chi connectivity index (χ3n) is 6.81. The Labute approximate surface area is 200 Å². The van der Waals surface area contributed by atoms with Crippen LogP contribution >= 0.6 is 0 Å². The standard InChI is InChI=1S/C25H31N5O3S/c1-16(2)30-24-22(15-26-30)21(14-23(28-24)18-4-5-18)25(31)27-19-6-8-20(9-7-19)34(32,33)29-12-10-17(3)11-13-29/h6-9,14-18H,4-5,10-13H2,1-3H3,(H,27,31). The molecule has 0 spiro atoms. The number of fused-ring (bicyclic) bond motifs is 1. The highest BCUT2D eigenvalue weighted by molar-refractivity contribution is 7.89. The largest absolute Gasteiger partial charge is 0.322 e. The molecule has 1 amide bonds. The third-order valence-corrected chi connectivity index (χ3v) is 8.72. The molecule has 5 rings (SSSR count). The van der Waals surface area contributed by atoms with Gasteiger partial charge in [0.05, 0.1) is 22.0 Å². The second-order valence-corrected chi connectivity index (χ2v) is 11.8. The van der Waals surface area contributed by atoms with Gasteiger partial charge in [0.1, 0.15) is 0 Å². The molecule has 3 aromatic rings. The SMILES string of the molecule is CC1CCN(S(=O)(=O)c2ccc(NC(=O)c3cc(C4CC4)nc4c3cnn4C(C)C)cc2)CC1. The lowest BCUT2D eigenvalue weighted by atomic mass is 10.0. The van der Waals surface area contributed by atoms with Crippen molar-refractivity contribution in [3.63, 3.8) is 0 Å². The Morgan fingerprint density at radius 2 is 1.76 bits per heavy atom. The zero-order valence-corrected chi connectivity index (χ0v) is 20.7. The van der Waals surface area contributed by atoms with Crippen LogP contribution in [-0.2, 0) is 10.0 Å². The number of pyridine rings is 1. The molecule has 9 heteroatoms. The van der Waals surface area contributed by atoms with Crippen LogP contribution in [0.2, 0.25) is 0 Å². The van der Waals surface area contributed by atoms with Crippen LogP contribution in [-0.4, -0.2) is 46.5 Å². The summed E-state index contributed by atoms with van der Waals surface area (Å²) in [5.74, 6) is 0.698. The van der Waals surface area contributed by atoms with Gasteiger partial charge in [0.25, 0.3) is 5.91 Å². The zero-order valence-electron chi connectivity index (χ0n) is 19.9. The molecule has 8 nitrogen and oxygen atoms in total. The van der Waals surface area contributed by atoms with Gasteiger partial charge in [-0.3, -0.25) is 4.79 Å². The minimum atomic E-state index is -3.52. The van der Waals surface area contributed by atoms with Gasteiger partial charge in [0.15, 0.2) is 5.65 Å². The van der Waals surface area contributed by atoms with E-state index in [1.807, 2.05) is 24.6 Å². The lowest BCUT2D eigenvalue weighted by Crippen LogP contribution is -2.37. The molecule has 0 bridgehead atoms. The number of sulfonamides is 1. The van der Waals surface area contributed by atoms with E-state index in [0.29, 0.717) is 41.6 Å². The van der Waals surface area contributed by atoms with E-state index in [4.69, 9.17) is 4.98 Å². The number of anilines is 1. The molecule has 2 fully saturated rings. The number of rotatable bonds is 6. The zero-order chi connectivity index (χ0) is 24.0. The maximum Gasteiger partial charge on any atom is 0.256 e. The van der Waals surface area contributed by atoms with Crippen molar-refractivity contribution < 1.29 is 13.2 Å². The fraction of sp³-hybridized carbons (Fsp3) is 0.480. The van der Waals surface area contributed by atoms with Crippen LogP contribution in [0.4, 0.5) is 5.69 Å². The molecule has 34 heavy (non-hydrogen) atoms. The molecule has 1 saturated heterocycles. The van der Waals surface area contributed by atoms with Crippen molar-refractivity contribution in [3.8, 4) is 0 Å². The highest BCUT2D eigenvalue weighted by Crippen LogP contribution is 2.40. The molecule has 1 aromatic carbocycles. The van der Waals surface area contributed by atoms with Gasteiger partial charge in [0, 0.05) is 36.4 Å². The van der Waals surface area contributed by atoms with Crippen LogP contribution in [0.1, 0.15) is 74.5 Å². The van der Waals surface area contributed by atoms with Gasteiger partial charge in [-0.05, 0) is 75.8 Å². The molecule has 2 aliphatic rings. The first-order valence-electron chi connectivity index (χ1n) is 12.0. The van der Waals surface area contributed by atoms with E-state index >= 15 is 0 Å². The van der Waals surface area contributed by atoms with E-state index in [-0.39, 0.29) is 16.8 Å². The van der Waals surface area contributed by atoms with Gasteiger partial charge in [0.2, 0.25) is 10.0 Å². The second-order valence-electron chi connectivity index (χ2n) is 9.85. The van der Waals surface area contributed by atoms with Crippen molar-refractivity contribution in [2.24, 2.45) is 5.92 Å². The van der Waals surface area contributed by atoms with Crippen LogP contribution in [0.15, 0.2) is 41.4 Å². The lowest BCUT2D eigenvalue weighted by Gasteiger charge is -2.29. The summed E-state index contributed by atoms with van der Waals surface area (Å²) >= 11 is 0. The fourth-order valence-electron chi connectivity index (χ4n) is 4.47. The summed E-state index contributed by atoms with van der Waals surface area (Å²) in [5, 5.41) is 8.10. The Hall–Kier alpha value is -2.78. The summed E-state index contributed by atoms with van der Waals surface area (Å²) in [7, 11) is -3.52. The summed E-state index contributed by atoms with van der Waals surface area (Å²) < 4.78 is 29.4. The predicted octanol–water partition coefficient (Wildman–Crippen LogP) is 4.56. The molecule has 180 valence electrons. The van der Waals surface area contributed by atoms with Crippen LogP contribution in [0.3, 0.4) is 0 Å². The number of nitrogens with one attached hydrogen (secondary N) is 1. The average Bonchev–Trinajstić information content (AvgIpc) is 3.57. The molecule has 2 aromatic heterocycles. The number of piperidine rings is 1. The molecule has 3 heterocycles. The number of aromatic nitrogens is 3. The van der Waals surface area contributed by atoms with Crippen molar-refractivity contribution in [2.75, 3.05) is 18.4 Å². The van der Waals surface area contributed by atoms with E-state index in [2.05, 4.69) is 17.3 Å². The Morgan fingerprint density at radius 1 is 1.09 bits per heavy atom. The number of amides is 1. The first kappa shape index (κ1) is 23.0. The lowest BCUT2D eigenvalue weighted by molar-refractivity contribution is 0.102. The van der Waals surface area contributed by atoms with E-state index in [1.165, 1.54) is 0 Å². The van der Waals surface area contributed by atoms with Gasteiger partial charge < -0.3 is 5.32 Å². The van der Waals surface area contributed by atoms with Crippen molar-refractivity contribution in [1.82, 2.24) is 19.1 Å². The number of benzene rings is 1. The minimum Gasteiger partial charge on any atom is -0.322 e. The molecular weight excluding hydrogens is 450 g/mol. The molecule has 1 saturated carbocycles. The normalized spacial score (nSPS) is 18.0. The minimum absolute atomic E-state index is 0.132. The van der Waals surface area contributed by atoms with Crippen LogP contribution < -0.4 is 5.32 Å². The number of carbonyl (C=O) groups excluding carboxylic acids is 1. The Morgan fingerprint density at radius 3 is 2.38 bits per heavy atom. The maximum atomic E-state index is 13.3. The Balaban J connectivity index is 1.39. The molecule has 1 aliphatic heterocycles. The van der Waals surface area contributed by atoms with E-state index in [1.54, 1.807) is 34.8 Å². The summed E-state index contributed by atoms with van der Waals surface area (Å²) in [5.41, 5.74) is 2.74. The summed E-state index contributed by atoms with van der Waals surface area (Å²) in [6.45, 7) is 7.33. The smallest absolute Gasteiger partial charge is 0.256 e. The Kier molecular flexibility index (Phi) is 5.93. The third kappa shape index (κ3) is 4.34. The van der Waals surface area contributed by atoms with Crippen molar-refractivity contribution >= 4 is 32.7 Å². The molecule has 0 unspecified atom stereocenters. The number of carbonyl (C=O) groups is 1. The van der Waals surface area contributed by atoms with E-state index < -0.39 is 10.0 Å². The van der Waals surface area contributed by atoms with Crippen molar-refractivity contribution in [2.45, 2.75) is 63.3 Å². The highest BCUT2D eigenvalue weighted by Gasteiger charge is 2.29. The predicted molar refractivity (Wildman–Crippen MR) is 131 cm³/mol.